The van der Waals surface area contributed by atoms with Gasteiger partial charge in [0.1, 0.15) is 12.4 Å². The maximum absolute atomic E-state index is 2.23. The van der Waals surface area contributed by atoms with Crippen LogP contribution < -0.4 is 12.4 Å². The highest BCUT2D eigenvalue weighted by atomic mass is 35.5. The van der Waals surface area contributed by atoms with Gasteiger partial charge in [0.15, 0.2) is 0 Å². The number of rotatable bonds is 3. The van der Waals surface area contributed by atoms with E-state index < -0.39 is 0 Å². The Balaban J connectivity index is 0.000001000. The first-order chi connectivity index (χ1) is 4.77. The monoisotopic (exact) mass is 173 g/mol. The van der Waals surface area contributed by atoms with Crippen molar-refractivity contribution >= 4 is 0 Å². The number of allylic oxidation sites excluding steroid dienone is 2. The molecule has 0 unspecified atom stereocenters. The van der Waals surface area contributed by atoms with Crippen LogP contribution in [-0.4, -0.2) is 18.1 Å². The van der Waals surface area contributed by atoms with Gasteiger partial charge >= 0.3 is 0 Å². The van der Waals surface area contributed by atoms with Crippen LogP contribution in [-0.2, 0) is 0 Å². The number of hydrogen-bond donors (Lipinski definition) is 0. The highest BCUT2D eigenvalue weighted by Crippen LogP contribution is 2.12. The number of unbranched alkanes of at least 4 members (excludes halogenated alkanes) is 1. The standard InChI is InChI=1S/C9H16N.ClH/c1-3-4-7-10(2)8-5-6-9-10;/h5-6,8-9H,3-4,7H2,1-2H3;1H/q+1;/p-1. The van der Waals surface area contributed by atoms with E-state index in [0.717, 1.165) is 4.48 Å². The van der Waals surface area contributed by atoms with Crippen molar-refractivity contribution in [2.75, 3.05) is 13.6 Å². The van der Waals surface area contributed by atoms with Gasteiger partial charge in [-0.15, -0.1) is 0 Å². The molecule has 0 bridgehead atoms. The molecule has 0 radical (unpaired) electrons. The fourth-order valence-corrected chi connectivity index (χ4v) is 1.19. The summed E-state index contributed by atoms with van der Waals surface area (Å²) in [4.78, 5) is 0. The van der Waals surface area contributed by atoms with E-state index in [-0.39, 0.29) is 12.4 Å². The van der Waals surface area contributed by atoms with E-state index in [2.05, 4.69) is 38.5 Å². The van der Waals surface area contributed by atoms with Crippen molar-refractivity contribution in [1.82, 2.24) is 0 Å². The summed E-state index contributed by atoms with van der Waals surface area (Å²) < 4.78 is 0.994. The van der Waals surface area contributed by atoms with Crippen LogP contribution in [0, 0.1) is 0 Å². The Morgan fingerprint density at radius 2 is 1.73 bits per heavy atom. The first-order valence-electron chi connectivity index (χ1n) is 3.99. The van der Waals surface area contributed by atoms with E-state index in [1.807, 2.05) is 0 Å². The van der Waals surface area contributed by atoms with Crippen LogP contribution >= 0.6 is 0 Å². The van der Waals surface area contributed by atoms with E-state index >= 15 is 0 Å². The largest absolute Gasteiger partial charge is 1.00 e. The maximum atomic E-state index is 2.23. The van der Waals surface area contributed by atoms with E-state index in [1.54, 1.807) is 0 Å². The Bertz CT molecular complexity index is 149. The first kappa shape index (κ1) is 10.7. The molecule has 0 aromatic carbocycles. The van der Waals surface area contributed by atoms with Gasteiger partial charge in [0, 0.05) is 0 Å². The Morgan fingerprint density at radius 3 is 2.18 bits per heavy atom. The van der Waals surface area contributed by atoms with Crippen LogP contribution in [0.15, 0.2) is 24.6 Å². The molecule has 11 heavy (non-hydrogen) atoms. The molecule has 2 heteroatoms. The molecule has 0 amide bonds. The fraction of sp³-hybridized carbons (Fsp3) is 0.556. The van der Waals surface area contributed by atoms with Gasteiger partial charge < -0.3 is 12.4 Å². The molecule has 0 atom stereocenters. The van der Waals surface area contributed by atoms with Crippen LogP contribution in [0.5, 0.6) is 0 Å². The normalized spacial score (nSPS) is 18.4. The first-order valence-corrected chi connectivity index (χ1v) is 3.99. The van der Waals surface area contributed by atoms with Crippen LogP contribution in [0.3, 0.4) is 0 Å². The maximum Gasteiger partial charge on any atom is 0.100 e. The number of halogens is 1. The summed E-state index contributed by atoms with van der Waals surface area (Å²) in [5, 5.41) is 0. The van der Waals surface area contributed by atoms with Crippen LogP contribution in [0.25, 0.3) is 0 Å². The number of quaternary nitrogens is 1. The van der Waals surface area contributed by atoms with Gasteiger partial charge in [-0.1, -0.05) is 13.3 Å². The van der Waals surface area contributed by atoms with Gasteiger partial charge in [-0.25, -0.2) is 0 Å². The summed E-state index contributed by atoms with van der Waals surface area (Å²) in [5.41, 5.74) is 0. The van der Waals surface area contributed by atoms with Crippen molar-refractivity contribution in [2.24, 2.45) is 0 Å². The number of nitrogens with zero attached hydrogens (tertiary/aromatic N) is 1. The molecule has 0 saturated heterocycles. The molecular formula is C9H16ClN. The molecular weight excluding hydrogens is 158 g/mol. The van der Waals surface area contributed by atoms with Crippen molar-refractivity contribution in [1.29, 1.82) is 0 Å². The van der Waals surface area contributed by atoms with Gasteiger partial charge in [0.2, 0.25) is 0 Å². The minimum Gasteiger partial charge on any atom is -1.00 e. The predicted molar refractivity (Wildman–Crippen MR) is 44.2 cm³/mol. The molecule has 1 aliphatic rings. The summed E-state index contributed by atoms with van der Waals surface area (Å²) in [5.74, 6) is 0. The summed E-state index contributed by atoms with van der Waals surface area (Å²) >= 11 is 0. The lowest BCUT2D eigenvalue weighted by Crippen LogP contribution is -3.00. The summed E-state index contributed by atoms with van der Waals surface area (Å²) in [6.07, 6.45) is 11.3. The molecule has 0 aromatic heterocycles. The van der Waals surface area contributed by atoms with Crippen molar-refractivity contribution in [3.8, 4) is 0 Å². The molecule has 1 rings (SSSR count). The highest BCUT2D eigenvalue weighted by Gasteiger charge is 2.15. The minimum absolute atomic E-state index is 0. The van der Waals surface area contributed by atoms with Crippen molar-refractivity contribution in [3.05, 3.63) is 24.6 Å². The Hall–Kier alpha value is -0.270. The van der Waals surface area contributed by atoms with Crippen molar-refractivity contribution in [2.45, 2.75) is 19.8 Å². The molecule has 0 N–H and O–H groups in total. The summed E-state index contributed by atoms with van der Waals surface area (Å²) in [6, 6.07) is 0. The third-order valence-corrected chi connectivity index (χ3v) is 1.96. The van der Waals surface area contributed by atoms with Gasteiger partial charge in [-0.05, 0) is 18.6 Å². The highest BCUT2D eigenvalue weighted by molar-refractivity contribution is 5.03. The number of hydrogen-bond acceptors (Lipinski definition) is 0. The van der Waals surface area contributed by atoms with Gasteiger partial charge in [-0.3, -0.25) is 4.48 Å². The minimum atomic E-state index is 0. The van der Waals surface area contributed by atoms with Crippen molar-refractivity contribution in [3.63, 3.8) is 0 Å². The molecule has 64 valence electrons. The lowest BCUT2D eigenvalue weighted by Gasteiger charge is -2.22. The zero-order valence-electron chi connectivity index (χ0n) is 7.26. The molecule has 0 fully saturated rings. The quantitative estimate of drug-likeness (QED) is 0.495. The van der Waals surface area contributed by atoms with Gasteiger partial charge in [0.05, 0.1) is 13.6 Å². The summed E-state index contributed by atoms with van der Waals surface area (Å²) in [7, 11) is 2.23. The average molecular weight is 174 g/mol. The molecule has 1 nitrogen and oxygen atoms in total. The van der Waals surface area contributed by atoms with E-state index in [1.165, 1.54) is 19.4 Å². The Morgan fingerprint density at radius 1 is 1.18 bits per heavy atom. The lowest BCUT2D eigenvalue weighted by molar-refractivity contribution is -0.804. The second-order valence-electron chi connectivity index (χ2n) is 3.11. The SMILES string of the molecule is CCCC[N+]1(C)C=CC=C1.[Cl-]. The predicted octanol–water partition coefficient (Wildman–Crippen LogP) is -0.722. The zero-order chi connectivity index (χ0) is 7.45. The third kappa shape index (κ3) is 3.08. The average Bonchev–Trinajstić information content (AvgIpc) is 2.33. The smallest absolute Gasteiger partial charge is 0.100 e. The molecule has 0 aliphatic carbocycles. The third-order valence-electron chi connectivity index (χ3n) is 1.96. The molecule has 0 spiro atoms. The van der Waals surface area contributed by atoms with Crippen LogP contribution in [0.4, 0.5) is 0 Å². The molecule has 0 saturated carbocycles. The Kier molecular flexibility index (Phi) is 4.46. The second kappa shape index (κ2) is 4.58. The van der Waals surface area contributed by atoms with Gasteiger partial charge in [0.25, 0.3) is 0 Å². The van der Waals surface area contributed by atoms with Gasteiger partial charge in [-0.2, -0.15) is 0 Å². The Labute approximate surface area is 75.4 Å². The summed E-state index contributed by atoms with van der Waals surface area (Å²) in [6.45, 7) is 3.47. The van der Waals surface area contributed by atoms with Crippen molar-refractivity contribution < 1.29 is 16.9 Å². The molecule has 1 heterocycles. The topological polar surface area (TPSA) is 0 Å². The zero-order valence-corrected chi connectivity index (χ0v) is 8.01. The second-order valence-corrected chi connectivity index (χ2v) is 3.11. The van der Waals surface area contributed by atoms with E-state index in [4.69, 9.17) is 0 Å². The van der Waals surface area contributed by atoms with E-state index in [0.29, 0.717) is 0 Å². The molecule has 0 aromatic rings. The van der Waals surface area contributed by atoms with Crippen LogP contribution in [0.1, 0.15) is 19.8 Å². The van der Waals surface area contributed by atoms with E-state index in [9.17, 15) is 0 Å². The fourth-order valence-electron chi connectivity index (χ4n) is 1.19. The lowest BCUT2D eigenvalue weighted by atomic mass is 10.3. The molecule has 1 aliphatic heterocycles. The van der Waals surface area contributed by atoms with Crippen LogP contribution in [0.2, 0.25) is 0 Å².